The average molecular weight is 234 g/mol. The first-order valence-corrected chi connectivity index (χ1v) is 4.66. The summed E-state index contributed by atoms with van der Waals surface area (Å²) >= 11 is 0. The lowest BCUT2D eigenvalue weighted by atomic mass is 10.0. The van der Waals surface area contributed by atoms with Gasteiger partial charge in [-0.25, -0.2) is 4.39 Å². The lowest BCUT2D eigenvalue weighted by Crippen LogP contribution is -2.11. The molecule has 16 heavy (non-hydrogen) atoms. The molecule has 0 bridgehead atoms. The van der Waals surface area contributed by atoms with Crippen molar-refractivity contribution in [2.75, 3.05) is 0 Å². The molecule has 0 aliphatic heterocycles. The molecule has 0 N–H and O–H groups in total. The third-order valence-electron chi connectivity index (χ3n) is 2.06. The van der Waals surface area contributed by atoms with Crippen LogP contribution < -0.4 is 0 Å². The molecule has 0 spiro atoms. The molecule has 88 valence electrons. The van der Waals surface area contributed by atoms with Crippen molar-refractivity contribution >= 4 is 5.78 Å². The average Bonchev–Trinajstić information content (AvgIpc) is 2.13. The smallest absolute Gasteiger partial charge is 0.294 e. The van der Waals surface area contributed by atoms with Gasteiger partial charge < -0.3 is 0 Å². The van der Waals surface area contributed by atoms with E-state index in [4.69, 9.17) is 0 Å². The summed E-state index contributed by atoms with van der Waals surface area (Å²) in [6.07, 6.45) is -6.33. The van der Waals surface area contributed by atoms with Crippen LogP contribution in [0.5, 0.6) is 0 Å². The van der Waals surface area contributed by atoms with Crippen LogP contribution in [0, 0.1) is 12.7 Å². The molecule has 0 unspecified atom stereocenters. The Hall–Kier alpha value is -1.39. The van der Waals surface area contributed by atoms with Crippen molar-refractivity contribution in [1.82, 2.24) is 0 Å². The zero-order chi connectivity index (χ0) is 12.3. The highest BCUT2D eigenvalue weighted by atomic mass is 19.4. The third kappa shape index (κ3) is 3.64. The van der Waals surface area contributed by atoms with Gasteiger partial charge in [-0.2, -0.15) is 13.2 Å². The number of hydrogen-bond acceptors (Lipinski definition) is 1. The van der Waals surface area contributed by atoms with Crippen molar-refractivity contribution in [3.63, 3.8) is 0 Å². The number of halogens is 4. The van der Waals surface area contributed by atoms with Crippen molar-refractivity contribution in [2.24, 2.45) is 0 Å². The van der Waals surface area contributed by atoms with Crippen LogP contribution in [0.2, 0.25) is 0 Å². The number of alkyl halides is 3. The molecule has 0 saturated heterocycles. The van der Waals surface area contributed by atoms with Gasteiger partial charge in [-0.15, -0.1) is 0 Å². The van der Waals surface area contributed by atoms with Crippen molar-refractivity contribution in [3.8, 4) is 0 Å². The van der Waals surface area contributed by atoms with Crippen LogP contribution in [0.3, 0.4) is 0 Å². The summed E-state index contributed by atoms with van der Waals surface area (Å²) < 4.78 is 48.8. The SMILES string of the molecule is Cc1ccc(C(=O)CCC(F)(F)F)c(F)c1. The van der Waals surface area contributed by atoms with Gasteiger partial charge in [0.2, 0.25) is 0 Å². The van der Waals surface area contributed by atoms with E-state index < -0.39 is 30.6 Å². The Morgan fingerprint density at radius 2 is 1.94 bits per heavy atom. The molecule has 1 rings (SSSR count). The van der Waals surface area contributed by atoms with Gasteiger partial charge in [0.1, 0.15) is 5.82 Å². The Morgan fingerprint density at radius 3 is 2.44 bits per heavy atom. The molecule has 0 fully saturated rings. The molecule has 0 amide bonds. The van der Waals surface area contributed by atoms with E-state index in [2.05, 4.69) is 0 Å². The number of aryl methyl sites for hydroxylation is 1. The highest BCUT2D eigenvalue weighted by Gasteiger charge is 2.28. The number of Topliss-reactive ketones (excluding diaryl/α,β-unsaturated/α-hetero) is 1. The zero-order valence-corrected chi connectivity index (χ0v) is 8.57. The summed E-state index contributed by atoms with van der Waals surface area (Å²) in [5, 5.41) is 0. The lowest BCUT2D eigenvalue weighted by Gasteiger charge is -2.06. The fourth-order valence-electron chi connectivity index (χ4n) is 1.24. The van der Waals surface area contributed by atoms with Gasteiger partial charge in [0.25, 0.3) is 0 Å². The summed E-state index contributed by atoms with van der Waals surface area (Å²) in [4.78, 5) is 11.3. The van der Waals surface area contributed by atoms with E-state index in [0.29, 0.717) is 5.56 Å². The van der Waals surface area contributed by atoms with Gasteiger partial charge in [-0.3, -0.25) is 4.79 Å². The van der Waals surface area contributed by atoms with Crippen LogP contribution >= 0.6 is 0 Å². The number of rotatable bonds is 3. The first-order chi connectivity index (χ1) is 7.29. The quantitative estimate of drug-likeness (QED) is 0.576. The van der Waals surface area contributed by atoms with Crippen LogP contribution in [-0.4, -0.2) is 12.0 Å². The fraction of sp³-hybridized carbons (Fsp3) is 0.364. The predicted molar refractivity (Wildman–Crippen MR) is 50.8 cm³/mol. The molecule has 0 radical (unpaired) electrons. The normalized spacial score (nSPS) is 11.6. The maximum absolute atomic E-state index is 13.2. The Balaban J connectivity index is 2.74. The zero-order valence-electron chi connectivity index (χ0n) is 8.57. The van der Waals surface area contributed by atoms with E-state index in [1.54, 1.807) is 6.92 Å². The molecule has 0 atom stereocenters. The second-order valence-electron chi connectivity index (χ2n) is 3.52. The van der Waals surface area contributed by atoms with Gasteiger partial charge in [-0.05, 0) is 24.6 Å². The van der Waals surface area contributed by atoms with Crippen LogP contribution in [0.1, 0.15) is 28.8 Å². The Bertz CT molecular complexity index is 395. The molecule has 0 aromatic heterocycles. The van der Waals surface area contributed by atoms with Crippen LogP contribution in [-0.2, 0) is 0 Å². The van der Waals surface area contributed by atoms with E-state index in [0.717, 1.165) is 6.07 Å². The van der Waals surface area contributed by atoms with Gasteiger partial charge in [0.15, 0.2) is 5.78 Å². The van der Waals surface area contributed by atoms with Gasteiger partial charge >= 0.3 is 6.18 Å². The largest absolute Gasteiger partial charge is 0.389 e. The van der Waals surface area contributed by atoms with Gasteiger partial charge in [-0.1, -0.05) is 6.07 Å². The summed E-state index contributed by atoms with van der Waals surface area (Å²) in [5.41, 5.74) is 0.333. The first kappa shape index (κ1) is 12.7. The molecule has 5 heteroatoms. The maximum atomic E-state index is 13.2. The minimum absolute atomic E-state index is 0.283. The second kappa shape index (κ2) is 4.63. The summed E-state index contributed by atoms with van der Waals surface area (Å²) in [7, 11) is 0. The van der Waals surface area contributed by atoms with Crippen molar-refractivity contribution in [2.45, 2.75) is 25.9 Å². The lowest BCUT2D eigenvalue weighted by molar-refractivity contribution is -0.133. The van der Waals surface area contributed by atoms with Gasteiger partial charge in [0, 0.05) is 6.42 Å². The standard InChI is InChI=1S/C11H10F4O/c1-7-2-3-8(9(12)6-7)10(16)4-5-11(13,14)15/h2-3,6H,4-5H2,1H3. The van der Waals surface area contributed by atoms with E-state index in [1.807, 2.05) is 0 Å². The molecular formula is C11H10F4O. The number of carbonyl (C=O) groups is 1. The predicted octanol–water partition coefficient (Wildman–Crippen LogP) is 3.66. The number of hydrogen-bond donors (Lipinski definition) is 0. The first-order valence-electron chi connectivity index (χ1n) is 4.66. The highest BCUT2D eigenvalue weighted by Crippen LogP contribution is 2.23. The number of benzene rings is 1. The molecule has 0 aliphatic carbocycles. The maximum Gasteiger partial charge on any atom is 0.389 e. The monoisotopic (exact) mass is 234 g/mol. The van der Waals surface area contributed by atoms with Crippen molar-refractivity contribution in [1.29, 1.82) is 0 Å². The molecule has 1 aromatic carbocycles. The molecule has 0 aliphatic rings. The van der Waals surface area contributed by atoms with Gasteiger partial charge in [0.05, 0.1) is 12.0 Å². The van der Waals surface area contributed by atoms with E-state index in [9.17, 15) is 22.4 Å². The molecular weight excluding hydrogens is 224 g/mol. The summed E-state index contributed by atoms with van der Waals surface area (Å²) in [6, 6.07) is 3.83. The van der Waals surface area contributed by atoms with Crippen LogP contribution in [0.4, 0.5) is 17.6 Å². The number of carbonyl (C=O) groups excluding carboxylic acids is 1. The van der Waals surface area contributed by atoms with Crippen LogP contribution in [0.15, 0.2) is 18.2 Å². The highest BCUT2D eigenvalue weighted by molar-refractivity contribution is 5.96. The Kier molecular flexibility index (Phi) is 3.67. The van der Waals surface area contributed by atoms with E-state index in [-0.39, 0.29) is 5.56 Å². The number of ketones is 1. The summed E-state index contributed by atoms with van der Waals surface area (Å²) in [6.45, 7) is 1.63. The third-order valence-corrected chi connectivity index (χ3v) is 2.06. The van der Waals surface area contributed by atoms with Crippen molar-refractivity contribution in [3.05, 3.63) is 35.1 Å². The van der Waals surface area contributed by atoms with E-state index >= 15 is 0 Å². The minimum atomic E-state index is -4.39. The topological polar surface area (TPSA) is 17.1 Å². The molecule has 0 heterocycles. The fourth-order valence-corrected chi connectivity index (χ4v) is 1.24. The summed E-state index contributed by atoms with van der Waals surface area (Å²) in [5.74, 6) is -1.60. The second-order valence-corrected chi connectivity index (χ2v) is 3.52. The molecule has 0 saturated carbocycles. The minimum Gasteiger partial charge on any atom is -0.294 e. The Labute approximate surface area is 90.1 Å². The Morgan fingerprint density at radius 1 is 1.31 bits per heavy atom. The molecule has 1 aromatic rings. The van der Waals surface area contributed by atoms with Crippen LogP contribution in [0.25, 0.3) is 0 Å². The van der Waals surface area contributed by atoms with Crippen molar-refractivity contribution < 1.29 is 22.4 Å². The molecule has 1 nitrogen and oxygen atoms in total. The van der Waals surface area contributed by atoms with E-state index in [1.165, 1.54) is 12.1 Å².